The molecular weight excluding hydrogens is 248 g/mol. The second-order valence-corrected chi connectivity index (χ2v) is 4.84. The number of nitrogens with two attached hydrogens (primary N) is 1. The number of thiophene rings is 1. The number of halogens is 1. The predicted molar refractivity (Wildman–Crippen MR) is 62.1 cm³/mol. The van der Waals surface area contributed by atoms with Crippen molar-refractivity contribution in [1.29, 1.82) is 0 Å². The Morgan fingerprint density at radius 3 is 3.00 bits per heavy atom. The molecule has 0 saturated heterocycles. The van der Waals surface area contributed by atoms with E-state index in [0.29, 0.717) is 6.04 Å². The first-order chi connectivity index (χ1) is 6.24. The van der Waals surface area contributed by atoms with E-state index in [0.717, 1.165) is 19.5 Å². The third kappa shape index (κ3) is 3.77. The van der Waals surface area contributed by atoms with E-state index < -0.39 is 0 Å². The smallest absolute Gasteiger partial charge is 0.0386 e. The van der Waals surface area contributed by atoms with Crippen LogP contribution in [-0.2, 0) is 0 Å². The Bertz CT molecular complexity index is 250. The lowest BCUT2D eigenvalue weighted by atomic mass is 10.2. The van der Waals surface area contributed by atoms with Crippen molar-refractivity contribution in [1.82, 2.24) is 5.32 Å². The third-order valence-corrected chi connectivity index (χ3v) is 3.72. The fourth-order valence-corrected chi connectivity index (χ4v) is 2.55. The van der Waals surface area contributed by atoms with Gasteiger partial charge in [-0.2, -0.15) is 0 Å². The predicted octanol–water partition coefficient (Wildman–Crippen LogP) is 2.51. The molecule has 0 radical (unpaired) electrons. The largest absolute Gasteiger partial charge is 0.330 e. The van der Waals surface area contributed by atoms with Crippen molar-refractivity contribution in [2.45, 2.75) is 19.4 Å². The van der Waals surface area contributed by atoms with E-state index in [2.05, 4.69) is 39.6 Å². The van der Waals surface area contributed by atoms with Gasteiger partial charge in [0.2, 0.25) is 0 Å². The molecule has 0 amide bonds. The fraction of sp³-hybridized carbons (Fsp3) is 0.556. The maximum Gasteiger partial charge on any atom is 0.0386 e. The first kappa shape index (κ1) is 11.2. The Labute approximate surface area is 91.7 Å². The summed E-state index contributed by atoms with van der Waals surface area (Å²) in [5.41, 5.74) is 5.41. The highest BCUT2D eigenvalue weighted by Crippen LogP contribution is 2.25. The molecule has 0 saturated carbocycles. The Hall–Kier alpha value is 0.1000. The van der Waals surface area contributed by atoms with E-state index in [1.54, 1.807) is 11.3 Å². The zero-order chi connectivity index (χ0) is 9.68. The van der Waals surface area contributed by atoms with Crippen LogP contribution < -0.4 is 11.1 Å². The molecule has 1 rings (SSSR count). The lowest BCUT2D eigenvalue weighted by Gasteiger charge is -2.10. The summed E-state index contributed by atoms with van der Waals surface area (Å²) >= 11 is 5.22. The van der Waals surface area contributed by atoms with Crippen LogP contribution in [0.15, 0.2) is 15.9 Å². The Morgan fingerprint density at radius 1 is 1.69 bits per heavy atom. The summed E-state index contributed by atoms with van der Waals surface area (Å²) < 4.78 is 1.17. The molecule has 0 spiro atoms. The molecule has 0 aliphatic rings. The lowest BCUT2D eigenvalue weighted by molar-refractivity contribution is 0.568. The first-order valence-electron chi connectivity index (χ1n) is 4.41. The highest BCUT2D eigenvalue weighted by Gasteiger charge is 2.05. The van der Waals surface area contributed by atoms with Crippen molar-refractivity contribution in [2.75, 3.05) is 13.1 Å². The van der Waals surface area contributed by atoms with Crippen molar-refractivity contribution in [3.63, 3.8) is 0 Å². The average Bonchev–Trinajstić information content (AvgIpc) is 2.52. The molecule has 1 aromatic heterocycles. The zero-order valence-electron chi connectivity index (χ0n) is 7.72. The van der Waals surface area contributed by atoms with Crippen LogP contribution in [0.3, 0.4) is 0 Å². The van der Waals surface area contributed by atoms with Gasteiger partial charge in [0.25, 0.3) is 0 Å². The van der Waals surface area contributed by atoms with E-state index >= 15 is 0 Å². The summed E-state index contributed by atoms with van der Waals surface area (Å²) in [6.07, 6.45) is 1.04. The molecule has 74 valence electrons. The van der Waals surface area contributed by atoms with Gasteiger partial charge in [-0.3, -0.25) is 0 Å². The Kier molecular flexibility index (Phi) is 4.94. The van der Waals surface area contributed by atoms with Crippen molar-refractivity contribution < 1.29 is 0 Å². The summed E-state index contributed by atoms with van der Waals surface area (Å²) in [6.45, 7) is 3.93. The Morgan fingerprint density at radius 2 is 2.46 bits per heavy atom. The molecule has 1 heterocycles. The molecule has 1 atom stereocenters. The van der Waals surface area contributed by atoms with Crippen molar-refractivity contribution in [3.8, 4) is 0 Å². The van der Waals surface area contributed by atoms with E-state index in [1.807, 2.05) is 0 Å². The van der Waals surface area contributed by atoms with Crippen LogP contribution >= 0.6 is 27.3 Å². The SMILES string of the molecule is CC(NCCCN)c1cc(Br)cs1. The van der Waals surface area contributed by atoms with Gasteiger partial charge < -0.3 is 11.1 Å². The average molecular weight is 263 g/mol. The third-order valence-electron chi connectivity index (χ3n) is 1.85. The molecule has 0 aliphatic carbocycles. The van der Waals surface area contributed by atoms with E-state index in [4.69, 9.17) is 5.73 Å². The molecular formula is C9H15BrN2S. The van der Waals surface area contributed by atoms with E-state index in [9.17, 15) is 0 Å². The van der Waals surface area contributed by atoms with E-state index in [-0.39, 0.29) is 0 Å². The lowest BCUT2D eigenvalue weighted by Crippen LogP contribution is -2.21. The zero-order valence-corrected chi connectivity index (χ0v) is 10.1. The highest BCUT2D eigenvalue weighted by molar-refractivity contribution is 9.10. The van der Waals surface area contributed by atoms with Gasteiger partial charge in [-0.15, -0.1) is 11.3 Å². The topological polar surface area (TPSA) is 38.0 Å². The summed E-state index contributed by atoms with van der Waals surface area (Å²) in [6, 6.07) is 2.59. The van der Waals surface area contributed by atoms with Gasteiger partial charge in [-0.25, -0.2) is 0 Å². The van der Waals surface area contributed by atoms with Crippen LogP contribution in [0.1, 0.15) is 24.3 Å². The highest BCUT2D eigenvalue weighted by atomic mass is 79.9. The second-order valence-electron chi connectivity index (χ2n) is 2.99. The molecule has 0 bridgehead atoms. The molecule has 0 aliphatic heterocycles. The van der Waals surface area contributed by atoms with Crippen molar-refractivity contribution >= 4 is 27.3 Å². The van der Waals surface area contributed by atoms with Crippen LogP contribution in [0.2, 0.25) is 0 Å². The summed E-state index contributed by atoms with van der Waals surface area (Å²) in [4.78, 5) is 1.36. The van der Waals surface area contributed by atoms with Crippen LogP contribution in [-0.4, -0.2) is 13.1 Å². The normalized spacial score (nSPS) is 13.2. The van der Waals surface area contributed by atoms with E-state index in [1.165, 1.54) is 9.35 Å². The van der Waals surface area contributed by atoms with Gasteiger partial charge in [0.05, 0.1) is 0 Å². The maximum atomic E-state index is 5.41. The van der Waals surface area contributed by atoms with Crippen molar-refractivity contribution in [2.24, 2.45) is 5.73 Å². The standard InChI is InChI=1S/C9H15BrN2S/c1-7(12-4-2-3-11)9-5-8(10)6-13-9/h5-7,12H,2-4,11H2,1H3. The minimum atomic E-state index is 0.433. The van der Waals surface area contributed by atoms with Crippen LogP contribution in [0, 0.1) is 0 Å². The molecule has 3 N–H and O–H groups in total. The Balaban J connectivity index is 2.35. The number of hydrogen-bond donors (Lipinski definition) is 2. The van der Waals surface area contributed by atoms with Gasteiger partial charge >= 0.3 is 0 Å². The number of nitrogens with one attached hydrogen (secondary N) is 1. The minimum absolute atomic E-state index is 0.433. The van der Waals surface area contributed by atoms with Gasteiger partial charge in [-0.1, -0.05) is 0 Å². The minimum Gasteiger partial charge on any atom is -0.330 e. The second kappa shape index (κ2) is 5.75. The van der Waals surface area contributed by atoms with Crippen LogP contribution in [0.25, 0.3) is 0 Å². The van der Waals surface area contributed by atoms with Crippen LogP contribution in [0.4, 0.5) is 0 Å². The molecule has 0 fully saturated rings. The fourth-order valence-electron chi connectivity index (χ4n) is 1.08. The summed E-state index contributed by atoms with van der Waals surface area (Å²) in [5.74, 6) is 0. The number of hydrogen-bond acceptors (Lipinski definition) is 3. The molecule has 1 unspecified atom stereocenters. The summed E-state index contributed by atoms with van der Waals surface area (Å²) in [5, 5.41) is 5.53. The first-order valence-corrected chi connectivity index (χ1v) is 6.08. The molecule has 13 heavy (non-hydrogen) atoms. The van der Waals surface area contributed by atoms with Gasteiger partial charge in [0.1, 0.15) is 0 Å². The molecule has 0 aromatic carbocycles. The van der Waals surface area contributed by atoms with Gasteiger partial charge in [0.15, 0.2) is 0 Å². The van der Waals surface area contributed by atoms with Gasteiger partial charge in [-0.05, 0) is 48.4 Å². The molecule has 1 aromatic rings. The monoisotopic (exact) mass is 262 g/mol. The summed E-state index contributed by atoms with van der Waals surface area (Å²) in [7, 11) is 0. The molecule has 2 nitrogen and oxygen atoms in total. The van der Waals surface area contributed by atoms with Gasteiger partial charge in [0, 0.05) is 20.8 Å². The van der Waals surface area contributed by atoms with Crippen molar-refractivity contribution in [3.05, 3.63) is 20.8 Å². The molecule has 4 heteroatoms. The quantitative estimate of drug-likeness (QED) is 0.801. The maximum absolute atomic E-state index is 5.41. The number of rotatable bonds is 5. The van der Waals surface area contributed by atoms with Crippen LogP contribution in [0.5, 0.6) is 0 Å².